The van der Waals surface area contributed by atoms with Crippen LogP contribution in [0.1, 0.15) is 31.4 Å². The van der Waals surface area contributed by atoms with Crippen molar-refractivity contribution >= 4 is 11.6 Å². The van der Waals surface area contributed by atoms with Gasteiger partial charge in [-0.2, -0.15) is 0 Å². The van der Waals surface area contributed by atoms with E-state index in [0.717, 1.165) is 43.1 Å². The first-order valence-corrected chi connectivity index (χ1v) is 7.31. The van der Waals surface area contributed by atoms with Gasteiger partial charge in [0.05, 0.1) is 12.7 Å². The summed E-state index contributed by atoms with van der Waals surface area (Å²) in [5, 5.41) is 9.64. The summed E-state index contributed by atoms with van der Waals surface area (Å²) in [6.07, 6.45) is 1.94. The molecule has 0 spiro atoms. The molecule has 0 radical (unpaired) electrons. The second-order valence-electron chi connectivity index (χ2n) is 5.12. The van der Waals surface area contributed by atoms with E-state index in [2.05, 4.69) is 11.8 Å². The highest BCUT2D eigenvalue weighted by Gasteiger charge is 2.27. The number of halogens is 1. The molecule has 1 saturated heterocycles. The van der Waals surface area contributed by atoms with Crippen LogP contribution in [-0.2, 0) is 4.74 Å². The van der Waals surface area contributed by atoms with Gasteiger partial charge < -0.3 is 9.84 Å². The zero-order valence-electron chi connectivity index (χ0n) is 11.4. The molecule has 19 heavy (non-hydrogen) atoms. The van der Waals surface area contributed by atoms with E-state index in [4.69, 9.17) is 21.4 Å². The second-order valence-corrected chi connectivity index (χ2v) is 5.53. The van der Waals surface area contributed by atoms with Crippen LogP contribution in [0.5, 0.6) is 0 Å². The van der Waals surface area contributed by atoms with Crippen molar-refractivity contribution in [1.82, 2.24) is 4.90 Å². The summed E-state index contributed by atoms with van der Waals surface area (Å²) < 4.78 is 5.92. The van der Waals surface area contributed by atoms with Crippen molar-refractivity contribution in [1.29, 1.82) is 0 Å². The first-order chi connectivity index (χ1) is 9.22. The molecular formula is C15H22ClNO2. The van der Waals surface area contributed by atoms with Gasteiger partial charge in [-0.15, -0.1) is 0 Å². The monoisotopic (exact) mass is 283 g/mol. The largest absolute Gasteiger partial charge is 0.396 e. The molecule has 0 aliphatic carbocycles. The lowest BCUT2D eigenvalue weighted by atomic mass is 10.1. The minimum atomic E-state index is 0.0547. The lowest BCUT2D eigenvalue weighted by Gasteiger charge is -2.38. The quantitative estimate of drug-likeness (QED) is 0.844. The van der Waals surface area contributed by atoms with E-state index in [1.165, 1.54) is 0 Å². The molecule has 2 unspecified atom stereocenters. The fraction of sp³-hybridized carbons (Fsp3) is 0.600. The summed E-state index contributed by atoms with van der Waals surface area (Å²) in [7, 11) is 0. The maximum absolute atomic E-state index is 8.87. The number of unbranched alkanes of at least 4 members (excludes halogenated alkanes) is 1. The Balaban J connectivity index is 1.98. The average molecular weight is 284 g/mol. The van der Waals surface area contributed by atoms with E-state index in [-0.39, 0.29) is 12.7 Å². The predicted molar refractivity (Wildman–Crippen MR) is 77.5 cm³/mol. The molecule has 0 amide bonds. The standard InChI is InChI=1S/C15H22ClNO2/c1-12-11-19-15(10-17(12)8-4-5-9-18)13-6-2-3-7-14(13)16/h2-3,6-7,12,15,18H,4-5,8-11H2,1H3. The molecule has 0 bridgehead atoms. The zero-order chi connectivity index (χ0) is 13.7. The Morgan fingerprint density at radius 1 is 1.37 bits per heavy atom. The first kappa shape index (κ1) is 14.8. The topological polar surface area (TPSA) is 32.7 Å². The van der Waals surface area contributed by atoms with E-state index >= 15 is 0 Å². The Morgan fingerprint density at radius 3 is 2.89 bits per heavy atom. The molecule has 1 aromatic rings. The van der Waals surface area contributed by atoms with Crippen LogP contribution >= 0.6 is 11.6 Å². The van der Waals surface area contributed by atoms with E-state index in [0.29, 0.717) is 6.04 Å². The van der Waals surface area contributed by atoms with Crippen molar-refractivity contribution in [3.05, 3.63) is 34.9 Å². The highest BCUT2D eigenvalue weighted by Crippen LogP contribution is 2.29. The van der Waals surface area contributed by atoms with Crippen LogP contribution in [0.15, 0.2) is 24.3 Å². The SMILES string of the molecule is CC1COC(c2ccccc2Cl)CN1CCCCO. The van der Waals surface area contributed by atoms with Gasteiger partial charge in [-0.1, -0.05) is 29.8 Å². The van der Waals surface area contributed by atoms with Crippen molar-refractivity contribution in [2.75, 3.05) is 26.3 Å². The highest BCUT2D eigenvalue weighted by atomic mass is 35.5. The summed E-state index contributed by atoms with van der Waals surface area (Å²) in [4.78, 5) is 2.42. The smallest absolute Gasteiger partial charge is 0.0967 e. The number of hydrogen-bond acceptors (Lipinski definition) is 3. The van der Waals surface area contributed by atoms with Crippen LogP contribution in [0.3, 0.4) is 0 Å². The van der Waals surface area contributed by atoms with Gasteiger partial charge in [0.15, 0.2) is 0 Å². The summed E-state index contributed by atoms with van der Waals surface area (Å²) in [6, 6.07) is 8.32. The van der Waals surface area contributed by atoms with Crippen LogP contribution in [0.2, 0.25) is 5.02 Å². The van der Waals surface area contributed by atoms with Crippen LogP contribution in [0.4, 0.5) is 0 Å². The third kappa shape index (κ3) is 3.93. The van der Waals surface area contributed by atoms with E-state index < -0.39 is 0 Å². The molecule has 106 valence electrons. The lowest BCUT2D eigenvalue weighted by molar-refractivity contribution is -0.0604. The maximum Gasteiger partial charge on any atom is 0.0967 e. The Morgan fingerprint density at radius 2 is 2.16 bits per heavy atom. The molecule has 0 aromatic heterocycles. The number of rotatable bonds is 5. The van der Waals surface area contributed by atoms with Crippen molar-refractivity contribution in [3.8, 4) is 0 Å². The number of aliphatic hydroxyl groups is 1. The van der Waals surface area contributed by atoms with Crippen LogP contribution < -0.4 is 0 Å². The molecule has 1 aliphatic heterocycles. The molecule has 1 heterocycles. The molecule has 1 fully saturated rings. The zero-order valence-corrected chi connectivity index (χ0v) is 12.1. The van der Waals surface area contributed by atoms with Crippen molar-refractivity contribution in [2.45, 2.75) is 31.9 Å². The molecule has 1 aliphatic rings. The number of benzene rings is 1. The van der Waals surface area contributed by atoms with Crippen LogP contribution in [-0.4, -0.2) is 42.4 Å². The van der Waals surface area contributed by atoms with E-state index in [9.17, 15) is 0 Å². The first-order valence-electron chi connectivity index (χ1n) is 6.93. The molecule has 2 atom stereocenters. The molecule has 1 N–H and O–H groups in total. The molecular weight excluding hydrogens is 262 g/mol. The highest BCUT2D eigenvalue weighted by molar-refractivity contribution is 6.31. The third-order valence-electron chi connectivity index (χ3n) is 3.67. The van der Waals surface area contributed by atoms with Gasteiger partial charge in [-0.05, 0) is 32.4 Å². The van der Waals surface area contributed by atoms with Crippen molar-refractivity contribution in [2.24, 2.45) is 0 Å². The minimum Gasteiger partial charge on any atom is -0.396 e. The second kappa shape index (κ2) is 7.25. The summed E-state index contributed by atoms with van der Waals surface area (Å²) in [5.74, 6) is 0. The van der Waals surface area contributed by atoms with Gasteiger partial charge in [0.25, 0.3) is 0 Å². The van der Waals surface area contributed by atoms with E-state index in [1.54, 1.807) is 0 Å². The lowest BCUT2D eigenvalue weighted by Crippen LogP contribution is -2.45. The summed E-state index contributed by atoms with van der Waals surface area (Å²) >= 11 is 6.24. The Bertz CT molecular complexity index is 399. The normalized spacial score (nSPS) is 24.6. The average Bonchev–Trinajstić information content (AvgIpc) is 2.42. The molecule has 1 aromatic carbocycles. The molecule has 4 heteroatoms. The Hall–Kier alpha value is -0.610. The molecule has 3 nitrogen and oxygen atoms in total. The maximum atomic E-state index is 8.87. The van der Waals surface area contributed by atoms with Crippen LogP contribution in [0.25, 0.3) is 0 Å². The minimum absolute atomic E-state index is 0.0547. The summed E-state index contributed by atoms with van der Waals surface area (Å²) in [6.45, 7) is 5.06. The van der Waals surface area contributed by atoms with Crippen molar-refractivity contribution < 1.29 is 9.84 Å². The van der Waals surface area contributed by atoms with Crippen LogP contribution in [0, 0.1) is 0 Å². The van der Waals surface area contributed by atoms with Gasteiger partial charge in [0.1, 0.15) is 0 Å². The van der Waals surface area contributed by atoms with Gasteiger partial charge in [-0.25, -0.2) is 0 Å². The number of nitrogens with zero attached hydrogens (tertiary/aromatic N) is 1. The summed E-state index contributed by atoms with van der Waals surface area (Å²) in [5.41, 5.74) is 1.07. The van der Waals surface area contributed by atoms with Gasteiger partial charge in [0.2, 0.25) is 0 Å². The number of morpholine rings is 1. The number of hydrogen-bond donors (Lipinski definition) is 1. The van der Waals surface area contributed by atoms with Gasteiger partial charge in [0, 0.05) is 29.8 Å². The Kier molecular flexibility index (Phi) is 5.64. The third-order valence-corrected chi connectivity index (χ3v) is 4.01. The molecule has 0 saturated carbocycles. The Labute approximate surface area is 120 Å². The van der Waals surface area contributed by atoms with Gasteiger partial charge in [-0.3, -0.25) is 4.90 Å². The number of ether oxygens (including phenoxy) is 1. The molecule has 2 rings (SSSR count). The number of aliphatic hydroxyl groups excluding tert-OH is 1. The van der Waals surface area contributed by atoms with Gasteiger partial charge >= 0.3 is 0 Å². The van der Waals surface area contributed by atoms with Crippen molar-refractivity contribution in [3.63, 3.8) is 0 Å². The fourth-order valence-corrected chi connectivity index (χ4v) is 2.73. The fourth-order valence-electron chi connectivity index (χ4n) is 2.47. The van der Waals surface area contributed by atoms with E-state index in [1.807, 2.05) is 24.3 Å². The predicted octanol–water partition coefficient (Wildman–Crippen LogP) is 2.87.